The molecule has 0 aliphatic carbocycles. The molecule has 0 unspecified atom stereocenters. The highest BCUT2D eigenvalue weighted by molar-refractivity contribution is 5.85. The van der Waals surface area contributed by atoms with Gasteiger partial charge >= 0.3 is 0 Å². The molecule has 2 aromatic rings. The van der Waals surface area contributed by atoms with E-state index in [1.807, 2.05) is 13.0 Å². The first-order valence-corrected chi connectivity index (χ1v) is 10.6. The van der Waals surface area contributed by atoms with Gasteiger partial charge in [-0.25, -0.2) is 0 Å². The second-order valence-electron chi connectivity index (χ2n) is 8.26. The van der Waals surface area contributed by atoms with Gasteiger partial charge in [-0.2, -0.15) is 0 Å². The van der Waals surface area contributed by atoms with Crippen LogP contribution in [0.15, 0.2) is 42.5 Å². The lowest BCUT2D eigenvalue weighted by Crippen LogP contribution is -2.52. The Morgan fingerprint density at radius 1 is 1.07 bits per heavy atom. The smallest absolute Gasteiger partial charge is 0.161 e. The zero-order valence-electron chi connectivity index (χ0n) is 18.2. The highest BCUT2D eigenvalue weighted by Gasteiger charge is 2.40. The molecule has 4 rings (SSSR count). The van der Waals surface area contributed by atoms with Crippen molar-refractivity contribution in [3.8, 4) is 17.2 Å². The molecule has 1 saturated heterocycles. The predicted molar refractivity (Wildman–Crippen MR) is 122 cm³/mol. The fourth-order valence-electron chi connectivity index (χ4n) is 4.45. The average molecular weight is 433 g/mol. The maximum absolute atomic E-state index is 6.68. The zero-order chi connectivity index (χ0) is 20.3. The van der Waals surface area contributed by atoms with Crippen LogP contribution in [0.25, 0.3) is 0 Å². The van der Waals surface area contributed by atoms with Crippen LogP contribution in [-0.2, 0) is 13.1 Å². The largest absolute Gasteiger partial charge is 0.493 e. The number of methoxy groups -OCH3 is 1. The number of halogens is 1. The first kappa shape index (κ1) is 22.7. The van der Waals surface area contributed by atoms with Gasteiger partial charge in [-0.15, -0.1) is 12.4 Å². The fourth-order valence-corrected chi connectivity index (χ4v) is 4.45. The summed E-state index contributed by atoms with van der Waals surface area (Å²) in [7, 11) is 3.90. The molecule has 0 bridgehead atoms. The molecule has 6 heteroatoms. The maximum Gasteiger partial charge on any atom is 0.161 e. The van der Waals surface area contributed by atoms with E-state index < -0.39 is 0 Å². The molecule has 0 N–H and O–H groups in total. The van der Waals surface area contributed by atoms with Gasteiger partial charge in [-0.05, 0) is 37.7 Å². The van der Waals surface area contributed by atoms with Crippen LogP contribution in [-0.4, -0.2) is 55.8 Å². The molecular formula is C24H33ClN2O3. The molecule has 2 aliphatic heterocycles. The molecule has 0 saturated carbocycles. The standard InChI is InChI=1S/C24H32N2O3.ClH/c1-4-28-22-10-9-19(15-23(22)27-3)16-26-17-20-7-5-6-8-21(20)29-24(18-26)11-13-25(2)14-12-24;/h5-10,15H,4,11-14,16-18H2,1-3H3;1H. The first-order valence-electron chi connectivity index (χ1n) is 10.6. The summed E-state index contributed by atoms with van der Waals surface area (Å²) in [6.07, 6.45) is 2.11. The number of likely N-dealkylation sites (tertiary alicyclic amines) is 1. The summed E-state index contributed by atoms with van der Waals surface area (Å²) in [5, 5.41) is 0. The van der Waals surface area contributed by atoms with Crippen molar-refractivity contribution in [1.29, 1.82) is 0 Å². The highest BCUT2D eigenvalue weighted by Crippen LogP contribution is 2.36. The Morgan fingerprint density at radius 3 is 2.57 bits per heavy atom. The van der Waals surface area contributed by atoms with Crippen LogP contribution < -0.4 is 14.2 Å². The summed E-state index contributed by atoms with van der Waals surface area (Å²) in [6, 6.07) is 14.8. The van der Waals surface area contributed by atoms with Crippen molar-refractivity contribution in [2.45, 2.75) is 38.5 Å². The minimum absolute atomic E-state index is 0. The number of piperidine rings is 1. The highest BCUT2D eigenvalue weighted by atomic mass is 35.5. The van der Waals surface area contributed by atoms with Gasteiger partial charge in [0.05, 0.1) is 13.7 Å². The van der Waals surface area contributed by atoms with E-state index in [0.29, 0.717) is 6.61 Å². The lowest BCUT2D eigenvalue weighted by atomic mass is 9.90. The maximum atomic E-state index is 6.68. The quantitative estimate of drug-likeness (QED) is 0.700. The Morgan fingerprint density at radius 2 is 1.83 bits per heavy atom. The Kier molecular flexibility index (Phi) is 7.50. The number of benzene rings is 2. The van der Waals surface area contributed by atoms with Crippen molar-refractivity contribution in [3.63, 3.8) is 0 Å². The number of rotatable bonds is 5. The molecule has 2 heterocycles. The number of para-hydroxylation sites is 1. The molecule has 164 valence electrons. The molecule has 0 atom stereocenters. The minimum Gasteiger partial charge on any atom is -0.493 e. The van der Waals surface area contributed by atoms with Crippen LogP contribution in [0.5, 0.6) is 17.2 Å². The van der Waals surface area contributed by atoms with Crippen molar-refractivity contribution < 1.29 is 14.2 Å². The van der Waals surface area contributed by atoms with Crippen molar-refractivity contribution in [3.05, 3.63) is 53.6 Å². The van der Waals surface area contributed by atoms with Crippen LogP contribution in [0.4, 0.5) is 0 Å². The average Bonchev–Trinajstić information content (AvgIpc) is 2.87. The summed E-state index contributed by atoms with van der Waals surface area (Å²) >= 11 is 0. The second kappa shape index (κ2) is 9.90. The SMILES string of the molecule is CCOc1ccc(CN2Cc3ccccc3OC3(CCN(C)CC3)C2)cc1OC.Cl. The van der Waals surface area contributed by atoms with Gasteiger partial charge in [-0.3, -0.25) is 4.90 Å². The molecular weight excluding hydrogens is 400 g/mol. The molecule has 1 fully saturated rings. The first-order chi connectivity index (χ1) is 14.1. The van der Waals surface area contributed by atoms with Crippen molar-refractivity contribution >= 4 is 12.4 Å². The lowest BCUT2D eigenvalue weighted by Gasteiger charge is -2.42. The van der Waals surface area contributed by atoms with E-state index >= 15 is 0 Å². The Balaban J connectivity index is 0.00000256. The third-order valence-electron chi connectivity index (χ3n) is 6.04. The summed E-state index contributed by atoms with van der Waals surface area (Å²) in [6.45, 7) is 7.46. The van der Waals surface area contributed by atoms with Crippen molar-refractivity contribution in [2.75, 3.05) is 40.4 Å². The molecule has 30 heavy (non-hydrogen) atoms. The van der Waals surface area contributed by atoms with Gasteiger partial charge in [0.1, 0.15) is 11.4 Å². The fraction of sp³-hybridized carbons (Fsp3) is 0.500. The van der Waals surface area contributed by atoms with Gasteiger partial charge in [0.2, 0.25) is 0 Å². The molecule has 2 aromatic carbocycles. The van der Waals surface area contributed by atoms with E-state index in [0.717, 1.165) is 62.8 Å². The van der Waals surface area contributed by atoms with Crippen LogP contribution in [0.3, 0.4) is 0 Å². The van der Waals surface area contributed by atoms with Crippen LogP contribution in [0, 0.1) is 0 Å². The van der Waals surface area contributed by atoms with E-state index in [-0.39, 0.29) is 18.0 Å². The zero-order valence-corrected chi connectivity index (χ0v) is 19.0. The summed E-state index contributed by atoms with van der Waals surface area (Å²) in [5.41, 5.74) is 2.38. The van der Waals surface area contributed by atoms with Gasteiger partial charge in [-0.1, -0.05) is 24.3 Å². The van der Waals surface area contributed by atoms with Gasteiger partial charge in [0, 0.05) is 51.1 Å². The van der Waals surface area contributed by atoms with Crippen LogP contribution >= 0.6 is 12.4 Å². The van der Waals surface area contributed by atoms with Gasteiger partial charge in [0.15, 0.2) is 11.5 Å². The Bertz CT molecular complexity index is 837. The van der Waals surface area contributed by atoms with E-state index in [9.17, 15) is 0 Å². The molecule has 0 amide bonds. The van der Waals surface area contributed by atoms with Crippen LogP contribution in [0.2, 0.25) is 0 Å². The third-order valence-corrected chi connectivity index (χ3v) is 6.04. The minimum atomic E-state index is -0.117. The number of hydrogen-bond donors (Lipinski definition) is 0. The molecule has 0 aromatic heterocycles. The third kappa shape index (κ3) is 5.02. The van der Waals surface area contributed by atoms with Crippen molar-refractivity contribution in [1.82, 2.24) is 9.80 Å². The summed E-state index contributed by atoms with van der Waals surface area (Å²) in [4.78, 5) is 4.92. The molecule has 5 nitrogen and oxygen atoms in total. The van der Waals surface area contributed by atoms with Gasteiger partial charge in [0.25, 0.3) is 0 Å². The topological polar surface area (TPSA) is 34.2 Å². The number of ether oxygens (including phenoxy) is 3. The van der Waals surface area contributed by atoms with Crippen LogP contribution in [0.1, 0.15) is 30.9 Å². The number of fused-ring (bicyclic) bond motifs is 1. The normalized spacial score (nSPS) is 18.6. The lowest BCUT2D eigenvalue weighted by molar-refractivity contribution is -0.0146. The summed E-state index contributed by atoms with van der Waals surface area (Å²) in [5.74, 6) is 2.64. The summed E-state index contributed by atoms with van der Waals surface area (Å²) < 4.78 is 17.9. The number of nitrogens with zero attached hydrogens (tertiary/aromatic N) is 2. The van der Waals surface area contributed by atoms with Crippen molar-refractivity contribution in [2.24, 2.45) is 0 Å². The molecule has 1 spiro atoms. The Hall–Kier alpha value is -1.95. The predicted octanol–water partition coefficient (Wildman–Crippen LogP) is 4.37. The van der Waals surface area contributed by atoms with E-state index in [4.69, 9.17) is 14.2 Å². The van der Waals surface area contributed by atoms with E-state index in [2.05, 4.69) is 53.2 Å². The van der Waals surface area contributed by atoms with Gasteiger partial charge < -0.3 is 19.1 Å². The molecule has 2 aliphatic rings. The van der Waals surface area contributed by atoms with E-state index in [1.165, 1.54) is 11.1 Å². The Labute approximate surface area is 186 Å². The monoisotopic (exact) mass is 432 g/mol. The number of hydrogen-bond acceptors (Lipinski definition) is 5. The molecule has 0 radical (unpaired) electrons. The second-order valence-corrected chi connectivity index (χ2v) is 8.26. The van der Waals surface area contributed by atoms with E-state index in [1.54, 1.807) is 7.11 Å².